The summed E-state index contributed by atoms with van der Waals surface area (Å²) in [6.45, 7) is 2.07. The number of ketones is 1. The maximum absolute atomic E-state index is 12.1. The van der Waals surface area contributed by atoms with Gasteiger partial charge in [-0.05, 0) is 18.9 Å². The number of fused-ring (bicyclic) bond motifs is 4. The number of carbonyl (C=O) groups excluding carboxylic acids is 1. The van der Waals surface area contributed by atoms with Gasteiger partial charge in [-0.25, -0.2) is 0 Å². The highest BCUT2D eigenvalue weighted by Crippen LogP contribution is 2.39. The molecule has 2 aliphatic carbocycles. The van der Waals surface area contributed by atoms with Crippen LogP contribution in [-0.4, -0.2) is 10.8 Å². The molecule has 1 aromatic rings. The highest BCUT2D eigenvalue weighted by Gasteiger charge is 2.37. The van der Waals surface area contributed by atoms with E-state index in [0.29, 0.717) is 12.2 Å². The van der Waals surface area contributed by atoms with Crippen LogP contribution in [0, 0.1) is 5.92 Å². The molecule has 2 atom stereocenters. The van der Waals surface area contributed by atoms with E-state index in [1.54, 1.807) is 0 Å². The number of hydrogen-bond acceptors (Lipinski definition) is 2. The van der Waals surface area contributed by atoms with Gasteiger partial charge in [-0.2, -0.15) is 0 Å². The van der Waals surface area contributed by atoms with Crippen LogP contribution in [0.3, 0.4) is 0 Å². The van der Waals surface area contributed by atoms with Crippen molar-refractivity contribution in [2.45, 2.75) is 25.7 Å². The summed E-state index contributed by atoms with van der Waals surface area (Å²) in [7, 11) is 0. The zero-order valence-electron chi connectivity index (χ0n) is 9.12. The van der Waals surface area contributed by atoms with Gasteiger partial charge in [0.2, 0.25) is 5.56 Å². The first-order chi connectivity index (χ1) is 7.65. The highest BCUT2D eigenvalue weighted by molar-refractivity contribution is 5.92. The monoisotopic (exact) mass is 215 g/mol. The first-order valence-corrected chi connectivity index (χ1v) is 5.58. The molecule has 0 aliphatic heterocycles. The van der Waals surface area contributed by atoms with E-state index >= 15 is 0 Å². The number of H-pyrrole nitrogens is 1. The Morgan fingerprint density at radius 1 is 1.25 bits per heavy atom. The van der Waals surface area contributed by atoms with Gasteiger partial charge >= 0.3 is 0 Å². The molecule has 0 unspecified atom stereocenters. The summed E-state index contributed by atoms with van der Waals surface area (Å²) >= 11 is 0. The third kappa shape index (κ3) is 1.28. The van der Waals surface area contributed by atoms with Gasteiger partial charge in [0.05, 0.1) is 0 Å². The number of hydrogen-bond donors (Lipinski definition) is 1. The topological polar surface area (TPSA) is 49.9 Å². The van der Waals surface area contributed by atoms with Crippen LogP contribution in [0.5, 0.6) is 0 Å². The molecule has 16 heavy (non-hydrogen) atoms. The van der Waals surface area contributed by atoms with E-state index in [4.69, 9.17) is 0 Å². The van der Waals surface area contributed by atoms with Crippen LogP contribution in [0.25, 0.3) is 0 Å². The standard InChI is InChI=1S/C13H13NO2/c1-7-4-8-6-11-9(2-3-12(15)14-11)10(5-7)13(8)16/h2-4,8,10H,5-6H2,1H3,(H,14,15)/t8-,10+/m1/s1. The van der Waals surface area contributed by atoms with E-state index in [1.807, 2.05) is 12.1 Å². The van der Waals surface area contributed by atoms with E-state index in [2.05, 4.69) is 11.9 Å². The Morgan fingerprint density at radius 3 is 2.88 bits per heavy atom. The number of carbonyl (C=O) groups is 1. The average molecular weight is 215 g/mol. The Morgan fingerprint density at radius 2 is 2.06 bits per heavy atom. The van der Waals surface area contributed by atoms with Gasteiger partial charge in [0, 0.05) is 30.0 Å². The highest BCUT2D eigenvalue weighted by atomic mass is 16.1. The van der Waals surface area contributed by atoms with Gasteiger partial charge in [-0.3, -0.25) is 9.59 Å². The Kier molecular flexibility index (Phi) is 1.90. The number of Topliss-reactive ketones (excluding diaryl/α,β-unsaturated/α-hetero) is 1. The van der Waals surface area contributed by atoms with Gasteiger partial charge < -0.3 is 4.98 Å². The minimum atomic E-state index is -0.0770. The van der Waals surface area contributed by atoms with Crippen molar-refractivity contribution < 1.29 is 4.79 Å². The molecule has 0 radical (unpaired) electrons. The molecule has 0 amide bonds. The minimum Gasteiger partial charge on any atom is -0.326 e. The molecule has 3 rings (SSSR count). The van der Waals surface area contributed by atoms with Crippen molar-refractivity contribution in [2.24, 2.45) is 5.92 Å². The lowest BCUT2D eigenvalue weighted by Gasteiger charge is -2.32. The van der Waals surface area contributed by atoms with Gasteiger partial charge in [-0.15, -0.1) is 0 Å². The molecular weight excluding hydrogens is 202 g/mol. The Hall–Kier alpha value is -1.64. The second-order valence-corrected chi connectivity index (χ2v) is 4.74. The number of nitrogens with one attached hydrogen (secondary N) is 1. The summed E-state index contributed by atoms with van der Waals surface area (Å²) in [6, 6.07) is 3.33. The molecule has 0 aromatic carbocycles. The van der Waals surface area contributed by atoms with Gasteiger partial charge in [0.1, 0.15) is 5.78 Å². The molecule has 0 saturated heterocycles. The summed E-state index contributed by atoms with van der Waals surface area (Å²) in [4.78, 5) is 26.2. The fourth-order valence-corrected chi connectivity index (χ4v) is 2.84. The van der Waals surface area contributed by atoms with Crippen LogP contribution < -0.4 is 5.56 Å². The second-order valence-electron chi connectivity index (χ2n) is 4.74. The van der Waals surface area contributed by atoms with E-state index in [9.17, 15) is 9.59 Å². The van der Waals surface area contributed by atoms with Crippen molar-refractivity contribution in [1.82, 2.24) is 4.98 Å². The maximum Gasteiger partial charge on any atom is 0.248 e. The third-order valence-electron chi connectivity index (χ3n) is 3.56. The molecule has 2 bridgehead atoms. The summed E-state index contributed by atoms with van der Waals surface area (Å²) in [6.07, 6.45) is 3.50. The fourth-order valence-electron chi connectivity index (χ4n) is 2.84. The lowest BCUT2D eigenvalue weighted by molar-refractivity contribution is -0.124. The van der Waals surface area contributed by atoms with E-state index < -0.39 is 0 Å². The maximum atomic E-state index is 12.1. The number of allylic oxidation sites excluding steroid dienone is 2. The van der Waals surface area contributed by atoms with Gasteiger partial charge in [0.25, 0.3) is 0 Å². The van der Waals surface area contributed by atoms with Crippen molar-refractivity contribution in [2.75, 3.05) is 0 Å². The molecule has 0 spiro atoms. The van der Waals surface area contributed by atoms with E-state index in [0.717, 1.165) is 17.7 Å². The molecular formula is C13H13NO2. The van der Waals surface area contributed by atoms with Crippen molar-refractivity contribution in [3.8, 4) is 0 Å². The summed E-state index contributed by atoms with van der Waals surface area (Å²) in [5.74, 6) is 0.255. The Labute approximate surface area is 93.2 Å². The molecule has 1 N–H and O–H groups in total. The number of pyridine rings is 1. The second kappa shape index (κ2) is 3.17. The number of aromatic amines is 1. The molecule has 82 valence electrons. The molecule has 0 saturated carbocycles. The molecule has 3 nitrogen and oxygen atoms in total. The van der Waals surface area contributed by atoms with Crippen molar-refractivity contribution in [1.29, 1.82) is 0 Å². The Balaban J connectivity index is 2.18. The van der Waals surface area contributed by atoms with Crippen LogP contribution in [-0.2, 0) is 11.2 Å². The van der Waals surface area contributed by atoms with Crippen molar-refractivity contribution in [3.63, 3.8) is 0 Å². The molecule has 0 fully saturated rings. The predicted molar refractivity (Wildman–Crippen MR) is 60.4 cm³/mol. The fraction of sp³-hybridized carbons (Fsp3) is 0.385. The Bertz CT molecular complexity index is 553. The van der Waals surface area contributed by atoms with Crippen LogP contribution in [0.1, 0.15) is 30.5 Å². The van der Waals surface area contributed by atoms with E-state index in [1.165, 1.54) is 11.6 Å². The first kappa shape index (κ1) is 9.58. The third-order valence-corrected chi connectivity index (χ3v) is 3.56. The zero-order valence-corrected chi connectivity index (χ0v) is 9.12. The van der Waals surface area contributed by atoms with Crippen molar-refractivity contribution in [3.05, 3.63) is 45.4 Å². The van der Waals surface area contributed by atoms with Crippen LogP contribution in [0.2, 0.25) is 0 Å². The number of rotatable bonds is 0. The SMILES string of the molecule is CC1=C[C@@H]2Cc3[nH]c(=O)ccc3[C@H](C1)C2=O. The predicted octanol–water partition coefficient (Wildman–Crippen LogP) is 1.55. The lowest BCUT2D eigenvalue weighted by atomic mass is 9.71. The first-order valence-electron chi connectivity index (χ1n) is 5.58. The lowest BCUT2D eigenvalue weighted by Crippen LogP contribution is -2.34. The van der Waals surface area contributed by atoms with Gasteiger partial charge in [0.15, 0.2) is 0 Å². The smallest absolute Gasteiger partial charge is 0.248 e. The quantitative estimate of drug-likeness (QED) is 0.667. The summed E-state index contributed by atoms with van der Waals surface area (Å²) in [5.41, 5.74) is 3.18. The largest absolute Gasteiger partial charge is 0.326 e. The van der Waals surface area contributed by atoms with Crippen LogP contribution in [0.4, 0.5) is 0 Å². The van der Waals surface area contributed by atoms with Crippen LogP contribution in [0.15, 0.2) is 28.6 Å². The minimum absolute atomic E-state index is 0.0238. The number of aromatic nitrogens is 1. The molecule has 2 aliphatic rings. The average Bonchev–Trinajstić information content (AvgIpc) is 2.21. The summed E-state index contributed by atoms with van der Waals surface area (Å²) < 4.78 is 0. The van der Waals surface area contributed by atoms with Gasteiger partial charge in [-0.1, -0.05) is 17.7 Å². The molecule has 1 aromatic heterocycles. The molecule has 3 heteroatoms. The summed E-state index contributed by atoms with van der Waals surface area (Å²) in [5, 5.41) is 0. The van der Waals surface area contributed by atoms with Crippen molar-refractivity contribution >= 4 is 5.78 Å². The molecule has 1 heterocycles. The van der Waals surface area contributed by atoms with Crippen LogP contribution >= 0.6 is 0 Å². The normalized spacial score (nSPS) is 27.3. The van der Waals surface area contributed by atoms with E-state index in [-0.39, 0.29) is 17.4 Å². The zero-order chi connectivity index (χ0) is 11.3.